The molecule has 0 aliphatic carbocycles. The maximum atomic E-state index is 4.83. The van der Waals surface area contributed by atoms with Crippen LogP contribution >= 0.6 is 11.3 Å². The molecule has 2 aromatic rings. The minimum Gasteiger partial charge on any atom is -0.332 e. The minimum atomic E-state index is 0.622. The molecule has 0 aromatic carbocycles. The van der Waals surface area contributed by atoms with E-state index in [1.807, 2.05) is 24.0 Å². The van der Waals surface area contributed by atoms with E-state index in [9.17, 15) is 0 Å². The average molecular weight is 292 g/mol. The lowest BCUT2D eigenvalue weighted by Gasteiger charge is -2.05. The predicted octanol–water partition coefficient (Wildman–Crippen LogP) is 3.24. The summed E-state index contributed by atoms with van der Waals surface area (Å²) in [5.41, 5.74) is 1.23. The van der Waals surface area contributed by atoms with Gasteiger partial charge >= 0.3 is 0 Å². The van der Waals surface area contributed by atoms with Crippen LogP contribution in [-0.2, 0) is 20.0 Å². The Morgan fingerprint density at radius 3 is 2.80 bits per heavy atom. The van der Waals surface area contributed by atoms with Gasteiger partial charge in [0.05, 0.1) is 5.69 Å². The first-order valence-electron chi connectivity index (χ1n) is 7.28. The molecular weight excluding hydrogens is 268 g/mol. The van der Waals surface area contributed by atoms with E-state index in [0.29, 0.717) is 5.92 Å². The largest absolute Gasteiger partial charge is 0.332 e. The van der Waals surface area contributed by atoms with Crippen molar-refractivity contribution in [3.8, 4) is 10.8 Å². The highest BCUT2D eigenvalue weighted by molar-refractivity contribution is 7.15. The topological polar surface area (TPSA) is 42.7 Å². The van der Waals surface area contributed by atoms with Gasteiger partial charge in [0.25, 0.3) is 0 Å². The van der Waals surface area contributed by atoms with Crippen LogP contribution in [-0.4, -0.2) is 21.1 Å². The molecule has 0 unspecified atom stereocenters. The van der Waals surface area contributed by atoms with Gasteiger partial charge in [-0.2, -0.15) is 0 Å². The molecule has 0 spiro atoms. The number of aryl methyl sites for hydroxylation is 1. The van der Waals surface area contributed by atoms with Gasteiger partial charge in [-0.25, -0.2) is 9.97 Å². The fourth-order valence-corrected chi connectivity index (χ4v) is 3.21. The number of thiazole rings is 1. The molecule has 4 nitrogen and oxygen atoms in total. The Morgan fingerprint density at radius 2 is 2.20 bits per heavy atom. The van der Waals surface area contributed by atoms with Gasteiger partial charge in [0.15, 0.2) is 10.8 Å². The van der Waals surface area contributed by atoms with Crippen LogP contribution < -0.4 is 5.32 Å². The molecule has 2 aromatic heterocycles. The van der Waals surface area contributed by atoms with Crippen LogP contribution in [0.4, 0.5) is 0 Å². The van der Waals surface area contributed by atoms with Gasteiger partial charge < -0.3 is 9.88 Å². The van der Waals surface area contributed by atoms with Gasteiger partial charge in [0.1, 0.15) is 0 Å². The summed E-state index contributed by atoms with van der Waals surface area (Å²) >= 11 is 1.77. The van der Waals surface area contributed by atoms with Crippen molar-refractivity contribution in [2.45, 2.75) is 40.2 Å². The smallest absolute Gasteiger partial charge is 0.168 e. The normalized spacial score (nSPS) is 11.4. The molecule has 0 fully saturated rings. The summed E-state index contributed by atoms with van der Waals surface area (Å²) in [5, 5.41) is 4.51. The van der Waals surface area contributed by atoms with E-state index in [0.717, 1.165) is 36.8 Å². The maximum Gasteiger partial charge on any atom is 0.168 e. The predicted molar refractivity (Wildman–Crippen MR) is 84.9 cm³/mol. The van der Waals surface area contributed by atoms with E-state index in [4.69, 9.17) is 4.98 Å². The minimum absolute atomic E-state index is 0.622. The fraction of sp³-hybridized carbons (Fsp3) is 0.600. The molecule has 2 rings (SSSR count). The molecule has 1 N–H and O–H groups in total. The summed E-state index contributed by atoms with van der Waals surface area (Å²) in [5.74, 6) is 1.58. The van der Waals surface area contributed by atoms with Gasteiger partial charge in [-0.1, -0.05) is 20.8 Å². The van der Waals surface area contributed by atoms with Crippen molar-refractivity contribution in [2.24, 2.45) is 13.0 Å². The van der Waals surface area contributed by atoms with Crippen molar-refractivity contribution in [1.82, 2.24) is 19.9 Å². The van der Waals surface area contributed by atoms with Crippen LogP contribution in [0.3, 0.4) is 0 Å². The number of hydrogen-bond donors (Lipinski definition) is 1. The van der Waals surface area contributed by atoms with Crippen molar-refractivity contribution in [2.75, 3.05) is 6.54 Å². The molecule has 0 saturated carbocycles. The molecule has 0 saturated heterocycles. The lowest BCUT2D eigenvalue weighted by atomic mass is 10.1. The average Bonchev–Trinajstić information content (AvgIpc) is 2.96. The van der Waals surface area contributed by atoms with Crippen molar-refractivity contribution in [3.63, 3.8) is 0 Å². The van der Waals surface area contributed by atoms with Gasteiger partial charge in [-0.15, -0.1) is 11.3 Å². The van der Waals surface area contributed by atoms with Gasteiger partial charge in [0, 0.05) is 30.9 Å². The third-order valence-electron chi connectivity index (χ3n) is 3.10. The van der Waals surface area contributed by atoms with Crippen molar-refractivity contribution < 1.29 is 0 Å². The number of rotatable bonds is 7. The molecule has 0 radical (unpaired) electrons. The van der Waals surface area contributed by atoms with Crippen LogP contribution in [0.1, 0.15) is 37.8 Å². The summed E-state index contributed by atoms with van der Waals surface area (Å²) in [7, 11) is 2.01. The third kappa shape index (κ3) is 3.67. The Kier molecular flexibility index (Phi) is 5.31. The first kappa shape index (κ1) is 15.2. The first-order valence-corrected chi connectivity index (χ1v) is 8.10. The van der Waals surface area contributed by atoms with Gasteiger partial charge in [-0.05, 0) is 25.3 Å². The SMILES string of the molecule is CCCNCc1sc(-c2nccn2C)nc1CC(C)C. The zero-order valence-corrected chi connectivity index (χ0v) is 13.6. The van der Waals surface area contributed by atoms with Crippen LogP contribution in [0.2, 0.25) is 0 Å². The van der Waals surface area contributed by atoms with Crippen molar-refractivity contribution in [3.05, 3.63) is 23.0 Å². The van der Waals surface area contributed by atoms with E-state index in [1.54, 1.807) is 11.3 Å². The molecular formula is C15H24N4S. The maximum absolute atomic E-state index is 4.83. The van der Waals surface area contributed by atoms with Crippen LogP contribution in [0.25, 0.3) is 10.8 Å². The van der Waals surface area contributed by atoms with Crippen molar-refractivity contribution >= 4 is 11.3 Å². The molecule has 0 bridgehead atoms. The molecule has 110 valence electrons. The highest BCUT2D eigenvalue weighted by atomic mass is 32.1. The lowest BCUT2D eigenvalue weighted by molar-refractivity contribution is 0.623. The highest BCUT2D eigenvalue weighted by Gasteiger charge is 2.15. The van der Waals surface area contributed by atoms with Gasteiger partial charge in [0.2, 0.25) is 0 Å². The van der Waals surface area contributed by atoms with E-state index >= 15 is 0 Å². The number of imidazole rings is 1. The standard InChI is InChI=1S/C15H24N4S/c1-5-6-16-10-13-12(9-11(2)3)18-15(20-13)14-17-7-8-19(14)4/h7-8,11,16H,5-6,9-10H2,1-4H3. The Balaban J connectivity index is 2.24. The van der Waals surface area contributed by atoms with Crippen LogP contribution in [0.15, 0.2) is 12.4 Å². The number of nitrogens with zero attached hydrogens (tertiary/aromatic N) is 3. The molecule has 0 aliphatic heterocycles. The molecule has 20 heavy (non-hydrogen) atoms. The zero-order valence-electron chi connectivity index (χ0n) is 12.8. The van der Waals surface area contributed by atoms with E-state index in [-0.39, 0.29) is 0 Å². The van der Waals surface area contributed by atoms with E-state index < -0.39 is 0 Å². The summed E-state index contributed by atoms with van der Waals surface area (Å²) in [6.45, 7) is 8.63. The fourth-order valence-electron chi connectivity index (χ4n) is 2.11. The second kappa shape index (κ2) is 6.99. The number of nitrogens with one attached hydrogen (secondary N) is 1. The molecule has 0 atom stereocenters. The van der Waals surface area contributed by atoms with E-state index in [2.05, 4.69) is 31.1 Å². The lowest BCUT2D eigenvalue weighted by Crippen LogP contribution is -2.14. The third-order valence-corrected chi connectivity index (χ3v) is 4.20. The highest BCUT2D eigenvalue weighted by Crippen LogP contribution is 2.28. The number of hydrogen-bond acceptors (Lipinski definition) is 4. The zero-order chi connectivity index (χ0) is 14.5. The summed E-state index contributed by atoms with van der Waals surface area (Å²) in [6.07, 6.45) is 5.98. The first-order chi connectivity index (χ1) is 9.61. The Hall–Kier alpha value is -1.20. The molecule has 0 aliphatic rings. The molecule has 2 heterocycles. The van der Waals surface area contributed by atoms with Crippen LogP contribution in [0, 0.1) is 5.92 Å². The summed E-state index contributed by atoms with van der Waals surface area (Å²) < 4.78 is 2.03. The number of aromatic nitrogens is 3. The van der Waals surface area contributed by atoms with Gasteiger partial charge in [-0.3, -0.25) is 0 Å². The second-order valence-electron chi connectivity index (χ2n) is 5.53. The monoisotopic (exact) mass is 292 g/mol. The Bertz CT molecular complexity index is 542. The van der Waals surface area contributed by atoms with E-state index in [1.165, 1.54) is 10.6 Å². The molecule has 5 heteroatoms. The Morgan fingerprint density at radius 1 is 1.40 bits per heavy atom. The van der Waals surface area contributed by atoms with Crippen LogP contribution in [0.5, 0.6) is 0 Å². The molecule has 0 amide bonds. The second-order valence-corrected chi connectivity index (χ2v) is 6.61. The Labute approximate surface area is 125 Å². The van der Waals surface area contributed by atoms with Crippen molar-refractivity contribution in [1.29, 1.82) is 0 Å². The summed E-state index contributed by atoms with van der Waals surface area (Å²) in [4.78, 5) is 10.6. The quantitative estimate of drug-likeness (QED) is 0.797. The summed E-state index contributed by atoms with van der Waals surface area (Å²) in [6, 6.07) is 0.